The van der Waals surface area contributed by atoms with Crippen molar-refractivity contribution in [1.29, 1.82) is 0 Å². The lowest BCUT2D eigenvalue weighted by Crippen LogP contribution is -2.40. The minimum Gasteiger partial charge on any atom is -0.396 e. The fourth-order valence-electron chi connectivity index (χ4n) is 2.59. The molecule has 2 atom stereocenters. The Morgan fingerprint density at radius 1 is 1.56 bits per heavy atom. The molecular formula is C13H21N3O2. The van der Waals surface area contributed by atoms with E-state index in [1.54, 1.807) is 0 Å². The monoisotopic (exact) mass is 251 g/mol. The lowest BCUT2D eigenvalue weighted by atomic mass is 10.1. The van der Waals surface area contributed by atoms with E-state index in [0.717, 1.165) is 19.6 Å². The third-order valence-electron chi connectivity index (χ3n) is 3.58. The fraction of sp³-hybridized carbons (Fsp3) is 0.615. The molecule has 1 amide bonds. The molecule has 2 rings (SSSR count). The van der Waals surface area contributed by atoms with Gasteiger partial charge >= 0.3 is 0 Å². The molecule has 18 heavy (non-hydrogen) atoms. The van der Waals surface area contributed by atoms with Crippen molar-refractivity contribution in [3.05, 3.63) is 24.0 Å². The Hall–Kier alpha value is -1.33. The maximum Gasteiger partial charge on any atom is 0.217 e. The van der Waals surface area contributed by atoms with E-state index in [1.165, 1.54) is 12.6 Å². The number of amides is 1. The van der Waals surface area contributed by atoms with E-state index in [0.29, 0.717) is 0 Å². The maximum absolute atomic E-state index is 11.1. The van der Waals surface area contributed by atoms with Crippen LogP contribution >= 0.6 is 0 Å². The van der Waals surface area contributed by atoms with Gasteiger partial charge in [-0.3, -0.25) is 9.69 Å². The molecule has 5 nitrogen and oxygen atoms in total. The Morgan fingerprint density at radius 3 is 2.89 bits per heavy atom. The number of aryl methyl sites for hydroxylation is 1. The summed E-state index contributed by atoms with van der Waals surface area (Å²) < 4.78 is 2.10. The Bertz CT molecular complexity index is 416. The zero-order valence-electron chi connectivity index (χ0n) is 11.0. The molecule has 100 valence electrons. The van der Waals surface area contributed by atoms with E-state index < -0.39 is 0 Å². The molecule has 0 aromatic carbocycles. The van der Waals surface area contributed by atoms with Crippen molar-refractivity contribution in [3.8, 4) is 0 Å². The Balaban J connectivity index is 1.96. The number of hydrogen-bond donors (Lipinski definition) is 2. The van der Waals surface area contributed by atoms with Crippen molar-refractivity contribution in [3.63, 3.8) is 0 Å². The Morgan fingerprint density at radius 2 is 2.33 bits per heavy atom. The smallest absolute Gasteiger partial charge is 0.217 e. The lowest BCUT2D eigenvalue weighted by molar-refractivity contribution is -0.119. The highest BCUT2D eigenvalue weighted by atomic mass is 16.3. The number of hydrogen-bond acceptors (Lipinski definition) is 3. The molecule has 1 aliphatic heterocycles. The number of nitrogens with zero attached hydrogens (tertiary/aromatic N) is 2. The second-order valence-corrected chi connectivity index (χ2v) is 5.05. The van der Waals surface area contributed by atoms with Crippen LogP contribution in [0.2, 0.25) is 0 Å². The van der Waals surface area contributed by atoms with Crippen molar-refractivity contribution in [2.45, 2.75) is 19.5 Å². The highest BCUT2D eigenvalue weighted by Gasteiger charge is 2.32. The minimum atomic E-state index is -0.0285. The van der Waals surface area contributed by atoms with Gasteiger partial charge in [0.05, 0.1) is 0 Å². The molecule has 2 heterocycles. The molecule has 0 spiro atoms. The highest BCUT2D eigenvalue weighted by molar-refractivity contribution is 5.73. The average molecular weight is 251 g/mol. The zero-order valence-corrected chi connectivity index (χ0v) is 11.0. The number of nitrogens with one attached hydrogen (secondary N) is 1. The quantitative estimate of drug-likeness (QED) is 0.789. The third kappa shape index (κ3) is 2.91. The lowest BCUT2D eigenvalue weighted by Gasteiger charge is -2.17. The molecule has 1 fully saturated rings. The van der Waals surface area contributed by atoms with E-state index in [2.05, 4.69) is 20.9 Å². The van der Waals surface area contributed by atoms with E-state index in [1.807, 2.05) is 19.3 Å². The molecular weight excluding hydrogens is 230 g/mol. The second kappa shape index (κ2) is 5.54. The van der Waals surface area contributed by atoms with E-state index in [4.69, 9.17) is 0 Å². The summed E-state index contributed by atoms with van der Waals surface area (Å²) in [5, 5.41) is 12.3. The van der Waals surface area contributed by atoms with Crippen LogP contribution < -0.4 is 5.32 Å². The van der Waals surface area contributed by atoms with Gasteiger partial charge in [0.15, 0.2) is 0 Å². The van der Waals surface area contributed by atoms with Crippen LogP contribution in [-0.4, -0.2) is 46.2 Å². The first-order chi connectivity index (χ1) is 8.60. The van der Waals surface area contributed by atoms with Crippen LogP contribution in [0.5, 0.6) is 0 Å². The number of aliphatic hydroxyl groups is 1. The molecule has 0 aliphatic carbocycles. The van der Waals surface area contributed by atoms with Crippen LogP contribution in [0.25, 0.3) is 0 Å². The van der Waals surface area contributed by atoms with E-state index in [9.17, 15) is 9.90 Å². The standard InChI is InChI=1S/C13H21N3O2/c1-10(18)14-13-8-16(6-11(13)9-17)7-12-4-3-5-15(12)2/h3-5,11,13,17H,6-9H2,1-2H3,(H,14,18)/t11-,13+/m0/s1. The zero-order chi connectivity index (χ0) is 13.1. The van der Waals surface area contributed by atoms with Crippen LogP contribution in [0.3, 0.4) is 0 Å². The van der Waals surface area contributed by atoms with Crippen molar-refractivity contribution in [2.24, 2.45) is 13.0 Å². The molecule has 0 radical (unpaired) electrons. The molecule has 1 saturated heterocycles. The van der Waals surface area contributed by atoms with Gasteiger partial charge in [-0.05, 0) is 12.1 Å². The van der Waals surface area contributed by atoms with Crippen LogP contribution in [0, 0.1) is 5.92 Å². The number of likely N-dealkylation sites (tertiary alicyclic amines) is 1. The first-order valence-electron chi connectivity index (χ1n) is 6.30. The topological polar surface area (TPSA) is 57.5 Å². The Labute approximate surface area is 107 Å². The molecule has 2 N–H and O–H groups in total. The first kappa shape index (κ1) is 13.1. The number of aromatic nitrogens is 1. The minimum absolute atomic E-state index is 0.0285. The van der Waals surface area contributed by atoms with E-state index >= 15 is 0 Å². The summed E-state index contributed by atoms with van der Waals surface area (Å²) in [5.74, 6) is 0.105. The predicted octanol–water partition coefficient (Wildman–Crippen LogP) is -0.0461. The molecule has 1 aromatic heterocycles. The first-order valence-corrected chi connectivity index (χ1v) is 6.30. The van der Waals surface area contributed by atoms with Crippen LogP contribution in [-0.2, 0) is 18.4 Å². The maximum atomic E-state index is 11.1. The SMILES string of the molecule is CC(=O)N[C@@H]1CN(Cc2cccn2C)C[C@H]1CO. The number of aliphatic hydroxyl groups excluding tert-OH is 1. The second-order valence-electron chi connectivity index (χ2n) is 5.05. The normalized spacial score (nSPS) is 24.4. The van der Waals surface area contributed by atoms with Gasteiger partial charge in [-0.25, -0.2) is 0 Å². The average Bonchev–Trinajstić information content (AvgIpc) is 2.86. The van der Waals surface area contributed by atoms with Gasteiger partial charge in [-0.15, -0.1) is 0 Å². The predicted molar refractivity (Wildman–Crippen MR) is 68.9 cm³/mol. The molecule has 0 unspecified atom stereocenters. The largest absolute Gasteiger partial charge is 0.396 e. The van der Waals surface area contributed by atoms with E-state index in [-0.39, 0.29) is 24.5 Å². The summed E-state index contributed by atoms with van der Waals surface area (Å²) in [4.78, 5) is 13.4. The highest BCUT2D eigenvalue weighted by Crippen LogP contribution is 2.19. The van der Waals surface area contributed by atoms with Crippen molar-refractivity contribution < 1.29 is 9.90 Å². The van der Waals surface area contributed by atoms with Gasteiger partial charge < -0.3 is 15.0 Å². The van der Waals surface area contributed by atoms with Crippen LogP contribution in [0.1, 0.15) is 12.6 Å². The molecule has 5 heteroatoms. The molecule has 0 bridgehead atoms. The summed E-state index contributed by atoms with van der Waals surface area (Å²) in [7, 11) is 2.03. The van der Waals surface area contributed by atoms with Crippen LogP contribution in [0.15, 0.2) is 18.3 Å². The summed E-state index contributed by atoms with van der Waals surface area (Å²) in [5.41, 5.74) is 1.25. The van der Waals surface area contributed by atoms with Crippen molar-refractivity contribution >= 4 is 5.91 Å². The van der Waals surface area contributed by atoms with Gasteiger partial charge in [0.25, 0.3) is 0 Å². The number of carbonyl (C=O) groups is 1. The molecule has 1 aromatic rings. The summed E-state index contributed by atoms with van der Waals surface area (Å²) in [6, 6.07) is 4.19. The van der Waals surface area contributed by atoms with Gasteiger partial charge in [0, 0.05) is 64.1 Å². The molecule has 0 saturated carbocycles. The molecule has 1 aliphatic rings. The van der Waals surface area contributed by atoms with Gasteiger partial charge in [0.1, 0.15) is 0 Å². The van der Waals surface area contributed by atoms with Gasteiger partial charge in [-0.1, -0.05) is 0 Å². The van der Waals surface area contributed by atoms with Crippen LogP contribution in [0.4, 0.5) is 0 Å². The third-order valence-corrected chi connectivity index (χ3v) is 3.58. The summed E-state index contributed by atoms with van der Waals surface area (Å²) >= 11 is 0. The number of carbonyl (C=O) groups excluding carboxylic acids is 1. The number of rotatable bonds is 4. The summed E-state index contributed by atoms with van der Waals surface area (Å²) in [6.07, 6.45) is 2.03. The van der Waals surface area contributed by atoms with Gasteiger partial charge in [0.2, 0.25) is 5.91 Å². The van der Waals surface area contributed by atoms with Crippen molar-refractivity contribution in [2.75, 3.05) is 19.7 Å². The Kier molecular flexibility index (Phi) is 4.04. The fourth-order valence-corrected chi connectivity index (χ4v) is 2.59. The summed E-state index contributed by atoms with van der Waals surface area (Å²) in [6.45, 7) is 4.13. The van der Waals surface area contributed by atoms with Gasteiger partial charge in [-0.2, -0.15) is 0 Å². The van der Waals surface area contributed by atoms with Crippen molar-refractivity contribution in [1.82, 2.24) is 14.8 Å².